The molecule has 0 aliphatic heterocycles. The van der Waals surface area contributed by atoms with Crippen LogP contribution in [0.15, 0.2) is 29.3 Å². The largest absolute Gasteiger partial charge is 0.478 e. The van der Waals surface area contributed by atoms with Gasteiger partial charge >= 0.3 is 17.9 Å². The van der Waals surface area contributed by atoms with Gasteiger partial charge in [-0.2, -0.15) is 0 Å². The molecule has 0 spiro atoms. The quantitative estimate of drug-likeness (QED) is 0.294. The lowest BCUT2D eigenvalue weighted by Gasteiger charge is -2.33. The number of hydrogen-bond acceptors (Lipinski definition) is 6. The molecule has 1 aromatic carbocycles. The molecular weight excluding hydrogens is 366 g/mol. The van der Waals surface area contributed by atoms with E-state index in [2.05, 4.69) is 4.99 Å². The van der Waals surface area contributed by atoms with Gasteiger partial charge in [0.15, 0.2) is 5.96 Å². The van der Waals surface area contributed by atoms with Gasteiger partial charge in [-0.25, -0.2) is 19.4 Å². The van der Waals surface area contributed by atoms with Crippen molar-refractivity contribution >= 4 is 23.9 Å². The summed E-state index contributed by atoms with van der Waals surface area (Å²) in [4.78, 5) is 42.0. The Kier molecular flexibility index (Phi) is 6.45. The van der Waals surface area contributed by atoms with Crippen LogP contribution < -0.4 is 11.5 Å². The second-order valence-electron chi connectivity index (χ2n) is 8.10. The highest BCUT2D eigenvalue weighted by Gasteiger charge is 2.55. The monoisotopic (exact) mass is 393 g/mol. The lowest BCUT2D eigenvalue weighted by molar-refractivity contribution is -0.177. The fourth-order valence-electron chi connectivity index (χ4n) is 2.34. The van der Waals surface area contributed by atoms with Crippen LogP contribution in [0.4, 0.5) is 0 Å². The summed E-state index contributed by atoms with van der Waals surface area (Å²) < 4.78 is 10.8. The summed E-state index contributed by atoms with van der Waals surface area (Å²) in [6.07, 6.45) is 0. The standard InChI is InChI=1S/C19H27N3O6/c1-17(2,3)27-14(25)19(22-16(20)21,15(26)28-18(4,5)6)12-10-8-7-9-11(12)13(23)24/h7-10H,1-6H3,(H,23,24)(H4,20,21,22). The molecule has 5 N–H and O–H groups in total. The third-order valence-electron chi connectivity index (χ3n) is 3.23. The summed E-state index contributed by atoms with van der Waals surface area (Å²) in [6, 6.07) is 5.39. The summed E-state index contributed by atoms with van der Waals surface area (Å²) in [5.74, 6) is -4.30. The topological polar surface area (TPSA) is 154 Å². The average Bonchev–Trinajstić information content (AvgIpc) is 2.48. The molecule has 0 heterocycles. The summed E-state index contributed by atoms with van der Waals surface area (Å²) in [7, 11) is 0. The zero-order valence-corrected chi connectivity index (χ0v) is 16.9. The van der Waals surface area contributed by atoms with Crippen molar-refractivity contribution in [2.24, 2.45) is 16.5 Å². The Morgan fingerprint density at radius 2 is 1.32 bits per heavy atom. The molecule has 0 unspecified atom stereocenters. The molecule has 0 amide bonds. The van der Waals surface area contributed by atoms with E-state index in [1.807, 2.05) is 0 Å². The van der Waals surface area contributed by atoms with Gasteiger partial charge < -0.3 is 26.0 Å². The lowest BCUT2D eigenvalue weighted by Crippen LogP contribution is -2.51. The van der Waals surface area contributed by atoms with Gasteiger partial charge in [-0.15, -0.1) is 0 Å². The van der Waals surface area contributed by atoms with Crippen molar-refractivity contribution in [3.05, 3.63) is 35.4 Å². The van der Waals surface area contributed by atoms with Gasteiger partial charge in [0.2, 0.25) is 0 Å². The van der Waals surface area contributed by atoms with Gasteiger partial charge in [-0.1, -0.05) is 18.2 Å². The molecule has 0 saturated heterocycles. The Morgan fingerprint density at radius 3 is 1.68 bits per heavy atom. The zero-order chi connectivity index (χ0) is 21.9. The minimum atomic E-state index is -2.55. The van der Waals surface area contributed by atoms with Crippen molar-refractivity contribution in [1.82, 2.24) is 0 Å². The molecule has 154 valence electrons. The average molecular weight is 393 g/mol. The fourth-order valence-corrected chi connectivity index (χ4v) is 2.34. The number of carbonyl (C=O) groups is 3. The number of nitrogens with two attached hydrogens (primary N) is 2. The van der Waals surface area contributed by atoms with Gasteiger partial charge in [0.05, 0.1) is 5.56 Å². The van der Waals surface area contributed by atoms with E-state index >= 15 is 0 Å². The van der Waals surface area contributed by atoms with E-state index in [9.17, 15) is 19.5 Å². The van der Waals surface area contributed by atoms with E-state index in [-0.39, 0.29) is 11.1 Å². The second-order valence-corrected chi connectivity index (χ2v) is 8.10. The Bertz CT molecular complexity index is 771. The van der Waals surface area contributed by atoms with Crippen LogP contribution in [0.1, 0.15) is 57.5 Å². The van der Waals surface area contributed by atoms with Crippen LogP contribution in [-0.4, -0.2) is 40.2 Å². The van der Waals surface area contributed by atoms with Crippen molar-refractivity contribution in [1.29, 1.82) is 0 Å². The number of guanidine groups is 1. The van der Waals surface area contributed by atoms with E-state index in [1.165, 1.54) is 24.3 Å². The van der Waals surface area contributed by atoms with Gasteiger partial charge in [0.25, 0.3) is 5.54 Å². The van der Waals surface area contributed by atoms with E-state index in [4.69, 9.17) is 20.9 Å². The molecular formula is C19H27N3O6. The number of aliphatic imine (C=N–C) groups is 1. The Labute approximate surface area is 163 Å². The van der Waals surface area contributed by atoms with Crippen molar-refractivity contribution in [3.63, 3.8) is 0 Å². The summed E-state index contributed by atoms with van der Waals surface area (Å²) in [5, 5.41) is 9.58. The number of nitrogens with zero attached hydrogens (tertiary/aromatic N) is 1. The molecule has 0 saturated carbocycles. The minimum absolute atomic E-state index is 0.264. The highest BCUT2D eigenvalue weighted by Crippen LogP contribution is 2.35. The van der Waals surface area contributed by atoms with Crippen LogP contribution in [-0.2, 0) is 24.6 Å². The van der Waals surface area contributed by atoms with Gasteiger partial charge in [-0.3, -0.25) is 0 Å². The van der Waals surface area contributed by atoms with Crippen molar-refractivity contribution in [2.75, 3.05) is 0 Å². The normalized spacial score (nSPS) is 12.1. The Morgan fingerprint density at radius 1 is 0.893 bits per heavy atom. The van der Waals surface area contributed by atoms with Gasteiger partial charge in [-0.05, 0) is 47.6 Å². The van der Waals surface area contributed by atoms with E-state index in [0.717, 1.165) is 0 Å². The number of carboxylic acids is 1. The van der Waals surface area contributed by atoms with Crippen molar-refractivity contribution in [2.45, 2.75) is 58.3 Å². The number of rotatable bonds is 5. The predicted molar refractivity (Wildman–Crippen MR) is 103 cm³/mol. The van der Waals surface area contributed by atoms with E-state index in [1.54, 1.807) is 41.5 Å². The Balaban J connectivity index is 3.91. The first-order valence-corrected chi connectivity index (χ1v) is 8.50. The molecule has 1 aromatic rings. The van der Waals surface area contributed by atoms with Crippen molar-refractivity contribution in [3.8, 4) is 0 Å². The SMILES string of the molecule is CC(C)(C)OC(=O)C(N=C(N)N)(C(=O)OC(C)(C)C)c1ccccc1C(=O)O. The molecule has 9 heteroatoms. The van der Waals surface area contributed by atoms with Crippen LogP contribution >= 0.6 is 0 Å². The first-order chi connectivity index (χ1) is 12.6. The molecule has 28 heavy (non-hydrogen) atoms. The molecule has 0 fully saturated rings. The maximum atomic E-state index is 13.2. The number of hydrogen-bond donors (Lipinski definition) is 3. The number of ether oxygens (including phenoxy) is 2. The molecule has 0 aromatic heterocycles. The van der Waals surface area contributed by atoms with Crippen LogP contribution in [0.2, 0.25) is 0 Å². The van der Waals surface area contributed by atoms with Crippen molar-refractivity contribution < 1.29 is 29.0 Å². The number of esters is 2. The number of aromatic carboxylic acids is 1. The number of benzene rings is 1. The van der Waals surface area contributed by atoms with Crippen LogP contribution in [0.3, 0.4) is 0 Å². The number of carbonyl (C=O) groups excluding carboxylic acids is 2. The highest BCUT2D eigenvalue weighted by atomic mass is 16.6. The highest BCUT2D eigenvalue weighted by molar-refractivity contribution is 6.10. The lowest BCUT2D eigenvalue weighted by atomic mass is 9.86. The molecule has 0 aliphatic rings. The summed E-state index contributed by atoms with van der Waals surface area (Å²) >= 11 is 0. The first-order valence-electron chi connectivity index (χ1n) is 8.50. The summed E-state index contributed by atoms with van der Waals surface area (Å²) in [5.41, 5.74) is 5.84. The molecule has 0 aliphatic carbocycles. The summed E-state index contributed by atoms with van der Waals surface area (Å²) in [6.45, 7) is 9.52. The van der Waals surface area contributed by atoms with Crippen LogP contribution in [0.5, 0.6) is 0 Å². The maximum Gasteiger partial charge on any atom is 0.351 e. The molecule has 0 radical (unpaired) electrons. The smallest absolute Gasteiger partial charge is 0.351 e. The maximum absolute atomic E-state index is 13.2. The molecule has 1 rings (SSSR count). The zero-order valence-electron chi connectivity index (χ0n) is 16.9. The third kappa shape index (κ3) is 5.45. The minimum Gasteiger partial charge on any atom is -0.478 e. The van der Waals surface area contributed by atoms with E-state index in [0.29, 0.717) is 0 Å². The van der Waals surface area contributed by atoms with Crippen LogP contribution in [0.25, 0.3) is 0 Å². The Hall–Kier alpha value is -3.10. The first kappa shape index (κ1) is 22.9. The molecule has 9 nitrogen and oxygen atoms in total. The van der Waals surface area contributed by atoms with Crippen LogP contribution in [0, 0.1) is 0 Å². The molecule has 0 bridgehead atoms. The molecule has 0 atom stereocenters. The third-order valence-corrected chi connectivity index (χ3v) is 3.23. The van der Waals surface area contributed by atoms with E-state index < -0.39 is 40.6 Å². The predicted octanol–water partition coefficient (Wildman–Crippen LogP) is 1.54. The van der Waals surface area contributed by atoms with Gasteiger partial charge in [0.1, 0.15) is 11.2 Å². The van der Waals surface area contributed by atoms with Gasteiger partial charge in [0, 0.05) is 5.56 Å². The second kappa shape index (κ2) is 7.87. The fraction of sp³-hybridized carbons (Fsp3) is 0.474. The number of carboxylic acid groups (broad SMARTS) is 1.